The maximum Gasteiger partial charge on any atom is 0.269 e. The first-order valence-corrected chi connectivity index (χ1v) is 4.68. The highest BCUT2D eigenvalue weighted by Gasteiger charge is 2.01. The number of hydrogen-bond acceptors (Lipinski definition) is 4. The number of rotatable bonds is 2. The summed E-state index contributed by atoms with van der Waals surface area (Å²) in [5, 5.41) is 10.2. The van der Waals surface area contributed by atoms with Crippen LogP contribution in [-0.4, -0.2) is 4.92 Å². The van der Waals surface area contributed by atoms with Crippen molar-refractivity contribution >= 4 is 11.4 Å². The zero-order valence-electron chi connectivity index (χ0n) is 9.23. The van der Waals surface area contributed by atoms with Crippen molar-refractivity contribution in [2.75, 3.05) is 5.43 Å². The van der Waals surface area contributed by atoms with E-state index >= 15 is 0 Å². The van der Waals surface area contributed by atoms with Crippen LogP contribution in [0.2, 0.25) is 0 Å². The van der Waals surface area contributed by atoms with Crippen molar-refractivity contribution in [2.45, 2.75) is 20.8 Å². The van der Waals surface area contributed by atoms with Crippen LogP contribution in [0, 0.1) is 16.0 Å². The molecule has 3 N–H and O–H groups in total. The Morgan fingerprint density at radius 3 is 1.93 bits per heavy atom. The van der Waals surface area contributed by atoms with Crippen molar-refractivity contribution < 1.29 is 4.92 Å². The van der Waals surface area contributed by atoms with E-state index in [4.69, 9.17) is 5.84 Å². The fourth-order valence-corrected chi connectivity index (χ4v) is 0.679. The van der Waals surface area contributed by atoms with Gasteiger partial charge in [0.15, 0.2) is 0 Å². The topological polar surface area (TPSA) is 81.2 Å². The van der Waals surface area contributed by atoms with Gasteiger partial charge in [0, 0.05) is 17.8 Å². The number of nitrogens with zero attached hydrogens (tertiary/aromatic N) is 1. The van der Waals surface area contributed by atoms with Gasteiger partial charge in [-0.25, -0.2) is 0 Å². The van der Waals surface area contributed by atoms with Gasteiger partial charge in [-0.2, -0.15) is 0 Å². The van der Waals surface area contributed by atoms with Crippen LogP contribution in [-0.2, 0) is 0 Å². The van der Waals surface area contributed by atoms with Gasteiger partial charge in [0.25, 0.3) is 5.69 Å². The molecule has 0 saturated heterocycles. The predicted octanol–water partition coefficient (Wildman–Crippen LogP) is 2.54. The number of nitrogens with one attached hydrogen (secondary N) is 1. The fraction of sp³-hybridized carbons (Fsp3) is 0.400. The Hall–Kier alpha value is -1.62. The molecule has 0 saturated carbocycles. The third kappa shape index (κ3) is 6.45. The maximum absolute atomic E-state index is 10.2. The lowest BCUT2D eigenvalue weighted by molar-refractivity contribution is -0.384. The maximum atomic E-state index is 10.2. The number of nitro groups is 1. The molecule has 0 aromatic heterocycles. The van der Waals surface area contributed by atoms with Crippen LogP contribution in [0.15, 0.2) is 24.3 Å². The molecule has 0 fully saturated rings. The third-order valence-corrected chi connectivity index (χ3v) is 1.24. The second-order valence-corrected chi connectivity index (χ2v) is 3.68. The lowest BCUT2D eigenvalue weighted by Crippen LogP contribution is -2.06. The molecule has 0 radical (unpaired) electrons. The number of hydrogen-bond donors (Lipinski definition) is 2. The van der Waals surface area contributed by atoms with Gasteiger partial charge in [-0.3, -0.25) is 16.0 Å². The fourth-order valence-electron chi connectivity index (χ4n) is 0.679. The zero-order valence-corrected chi connectivity index (χ0v) is 9.23. The van der Waals surface area contributed by atoms with Gasteiger partial charge in [-0.1, -0.05) is 20.8 Å². The Bertz CT molecular complexity index is 293. The van der Waals surface area contributed by atoms with Gasteiger partial charge in [-0.05, 0) is 18.1 Å². The molecule has 0 aliphatic heterocycles. The van der Waals surface area contributed by atoms with Gasteiger partial charge in [0.05, 0.1) is 4.92 Å². The van der Waals surface area contributed by atoms with E-state index in [0.717, 1.165) is 5.92 Å². The summed E-state index contributed by atoms with van der Waals surface area (Å²) < 4.78 is 0. The molecule has 1 rings (SSSR count). The number of hydrazine groups is 1. The van der Waals surface area contributed by atoms with E-state index in [-0.39, 0.29) is 5.69 Å². The predicted molar refractivity (Wildman–Crippen MR) is 61.4 cm³/mol. The Labute approximate surface area is 89.4 Å². The minimum Gasteiger partial charge on any atom is -0.324 e. The number of nitrogen functional groups attached to an aromatic ring is 1. The number of benzene rings is 1. The molecule has 84 valence electrons. The van der Waals surface area contributed by atoms with E-state index in [9.17, 15) is 10.1 Å². The number of anilines is 1. The molecular weight excluding hydrogens is 194 g/mol. The minimum absolute atomic E-state index is 0.0593. The summed E-state index contributed by atoms with van der Waals surface area (Å²) in [7, 11) is 0. The molecule has 0 heterocycles. The molecule has 1 aromatic rings. The summed E-state index contributed by atoms with van der Waals surface area (Å²) in [4.78, 5) is 9.70. The van der Waals surface area contributed by atoms with Crippen molar-refractivity contribution in [2.24, 2.45) is 11.8 Å². The molecule has 0 spiro atoms. The Morgan fingerprint density at radius 1 is 1.27 bits per heavy atom. The monoisotopic (exact) mass is 211 g/mol. The normalized spacial score (nSPS) is 9.13. The van der Waals surface area contributed by atoms with Crippen LogP contribution in [0.1, 0.15) is 20.8 Å². The molecule has 0 amide bonds. The number of nitro benzene ring substituents is 1. The largest absolute Gasteiger partial charge is 0.324 e. The van der Waals surface area contributed by atoms with Gasteiger partial charge in [0.2, 0.25) is 0 Å². The summed E-state index contributed by atoms with van der Waals surface area (Å²) in [6.07, 6.45) is 0. The molecule has 0 unspecified atom stereocenters. The molecule has 5 nitrogen and oxygen atoms in total. The first-order chi connectivity index (χ1) is 6.97. The summed E-state index contributed by atoms with van der Waals surface area (Å²) >= 11 is 0. The molecule has 0 aliphatic carbocycles. The molecule has 5 heteroatoms. The van der Waals surface area contributed by atoms with Crippen molar-refractivity contribution in [1.29, 1.82) is 0 Å². The lowest BCUT2D eigenvalue weighted by atomic mass is 10.3. The molecular formula is C10H17N3O2. The number of nitrogens with two attached hydrogens (primary N) is 1. The Morgan fingerprint density at radius 2 is 1.67 bits per heavy atom. The van der Waals surface area contributed by atoms with E-state index in [0.29, 0.717) is 5.69 Å². The highest BCUT2D eigenvalue weighted by molar-refractivity contribution is 5.47. The van der Waals surface area contributed by atoms with Crippen LogP contribution < -0.4 is 11.3 Å². The van der Waals surface area contributed by atoms with Crippen molar-refractivity contribution in [3.63, 3.8) is 0 Å². The molecule has 0 atom stereocenters. The highest BCUT2D eigenvalue weighted by atomic mass is 16.6. The number of non-ortho nitro benzene ring substituents is 1. The first kappa shape index (κ1) is 13.4. The second kappa shape index (κ2) is 6.78. The van der Waals surface area contributed by atoms with Gasteiger partial charge in [0.1, 0.15) is 0 Å². The average Bonchev–Trinajstić information content (AvgIpc) is 2.17. The highest BCUT2D eigenvalue weighted by Crippen LogP contribution is 2.13. The van der Waals surface area contributed by atoms with E-state index in [1.807, 2.05) is 0 Å². The van der Waals surface area contributed by atoms with E-state index in [1.54, 1.807) is 0 Å². The van der Waals surface area contributed by atoms with Crippen LogP contribution in [0.3, 0.4) is 0 Å². The van der Waals surface area contributed by atoms with Gasteiger partial charge < -0.3 is 5.43 Å². The van der Waals surface area contributed by atoms with Crippen molar-refractivity contribution in [3.05, 3.63) is 34.4 Å². The third-order valence-electron chi connectivity index (χ3n) is 1.24. The lowest BCUT2D eigenvalue weighted by Gasteiger charge is -1.96. The quantitative estimate of drug-likeness (QED) is 0.447. The van der Waals surface area contributed by atoms with Gasteiger partial charge in [-0.15, -0.1) is 0 Å². The first-order valence-electron chi connectivity index (χ1n) is 4.68. The molecule has 0 aliphatic rings. The minimum atomic E-state index is -0.458. The summed E-state index contributed by atoms with van der Waals surface area (Å²) in [5.41, 5.74) is 3.08. The summed E-state index contributed by atoms with van der Waals surface area (Å²) in [5.74, 6) is 5.89. The van der Waals surface area contributed by atoms with Crippen LogP contribution >= 0.6 is 0 Å². The second-order valence-electron chi connectivity index (χ2n) is 3.68. The Kier molecular flexibility index (Phi) is 6.05. The summed E-state index contributed by atoms with van der Waals surface area (Å²) in [6, 6.07) is 5.85. The van der Waals surface area contributed by atoms with Crippen molar-refractivity contribution in [3.8, 4) is 0 Å². The standard InChI is InChI=1S/C6H7N3O2.C4H10/c7-8-5-1-3-6(4-2-5)9(10)11;1-4(2)3/h1-4,8H,7H2;4H,1-3H3. The van der Waals surface area contributed by atoms with E-state index in [2.05, 4.69) is 26.2 Å². The SMILES string of the molecule is CC(C)C.NNc1ccc([N+](=O)[O-])cc1. The smallest absolute Gasteiger partial charge is 0.269 e. The van der Waals surface area contributed by atoms with Crippen LogP contribution in [0.25, 0.3) is 0 Å². The zero-order chi connectivity index (χ0) is 11.8. The molecule has 1 aromatic carbocycles. The van der Waals surface area contributed by atoms with E-state index < -0.39 is 4.92 Å². The molecule has 0 bridgehead atoms. The average molecular weight is 211 g/mol. The van der Waals surface area contributed by atoms with Crippen LogP contribution in [0.4, 0.5) is 11.4 Å². The molecule has 15 heavy (non-hydrogen) atoms. The van der Waals surface area contributed by atoms with Crippen molar-refractivity contribution in [1.82, 2.24) is 0 Å². The Balaban J connectivity index is 0.000000423. The summed E-state index contributed by atoms with van der Waals surface area (Å²) in [6.45, 7) is 6.50. The van der Waals surface area contributed by atoms with E-state index in [1.165, 1.54) is 24.3 Å². The van der Waals surface area contributed by atoms with Gasteiger partial charge >= 0.3 is 0 Å². The van der Waals surface area contributed by atoms with Crippen LogP contribution in [0.5, 0.6) is 0 Å².